The molecule has 2 aliphatic heterocycles. The van der Waals surface area contributed by atoms with Crippen molar-refractivity contribution in [2.24, 2.45) is 0 Å². The van der Waals surface area contributed by atoms with E-state index < -0.39 is 23.5 Å². The summed E-state index contributed by atoms with van der Waals surface area (Å²) in [5.41, 5.74) is 1.55. The van der Waals surface area contributed by atoms with Gasteiger partial charge in [0.15, 0.2) is 6.10 Å². The van der Waals surface area contributed by atoms with Crippen LogP contribution in [0.25, 0.3) is 0 Å². The molecule has 3 atom stereocenters. The van der Waals surface area contributed by atoms with Crippen LogP contribution in [-0.4, -0.2) is 17.9 Å². The molecule has 2 heterocycles. The number of anilines is 2. The Morgan fingerprint density at radius 1 is 0.686 bits per heavy atom. The molecule has 2 amide bonds. The van der Waals surface area contributed by atoms with E-state index in [1.54, 1.807) is 29.3 Å². The summed E-state index contributed by atoms with van der Waals surface area (Å²) in [6.45, 7) is 0. The summed E-state index contributed by atoms with van der Waals surface area (Å²) in [6.07, 6.45) is -1.04. The van der Waals surface area contributed by atoms with Crippen LogP contribution in [0.4, 0.5) is 11.4 Å². The fourth-order valence-electron chi connectivity index (χ4n) is 5.26. The van der Waals surface area contributed by atoms with E-state index in [2.05, 4.69) is 0 Å². The summed E-state index contributed by atoms with van der Waals surface area (Å²) in [6, 6.07) is 34.9. The average Bonchev–Trinajstić information content (AvgIpc) is 3.38. The molecule has 5 nitrogen and oxygen atoms in total. The van der Waals surface area contributed by atoms with Gasteiger partial charge in [-0.05, 0) is 47.5 Å². The Kier molecular flexibility index (Phi) is 5.17. The molecule has 172 valence electrons. The number of amides is 2. The van der Waals surface area contributed by atoms with Gasteiger partial charge >= 0.3 is 0 Å². The van der Waals surface area contributed by atoms with Crippen LogP contribution in [0.3, 0.4) is 0 Å². The standard InChI is InChI=1S/C29H21ClN2O3/c30-22-16-18-23(19-17-22)31-27(33)26-29(28(31)34,21-12-6-2-7-13-21)25(20-10-4-1-5-11-20)32(35-26)24-14-8-3-9-15-24/h1-19,25-26H/t25-,26-,29+/m1/s1. The lowest BCUT2D eigenvalue weighted by molar-refractivity contribution is -0.126. The third-order valence-electron chi connectivity index (χ3n) is 6.76. The minimum atomic E-state index is -1.30. The van der Waals surface area contributed by atoms with Crippen LogP contribution < -0.4 is 9.96 Å². The number of carbonyl (C=O) groups is 2. The number of rotatable bonds is 4. The van der Waals surface area contributed by atoms with Crippen molar-refractivity contribution in [3.8, 4) is 0 Å². The summed E-state index contributed by atoms with van der Waals surface area (Å²) in [5.74, 6) is -0.728. The highest BCUT2D eigenvalue weighted by Gasteiger charge is 2.72. The highest BCUT2D eigenvalue weighted by atomic mass is 35.5. The van der Waals surface area contributed by atoms with Crippen molar-refractivity contribution >= 4 is 34.8 Å². The highest BCUT2D eigenvalue weighted by Crippen LogP contribution is 2.57. The Labute approximate surface area is 208 Å². The molecule has 35 heavy (non-hydrogen) atoms. The van der Waals surface area contributed by atoms with Gasteiger partial charge < -0.3 is 0 Å². The quantitative estimate of drug-likeness (QED) is 0.351. The summed E-state index contributed by atoms with van der Waals surface area (Å²) in [7, 11) is 0. The molecular weight excluding hydrogens is 460 g/mol. The minimum Gasteiger partial charge on any atom is -0.273 e. The molecule has 0 spiro atoms. The number of hydroxylamine groups is 1. The zero-order valence-corrected chi connectivity index (χ0v) is 19.4. The number of halogens is 1. The number of imide groups is 1. The van der Waals surface area contributed by atoms with Crippen molar-refractivity contribution in [3.63, 3.8) is 0 Å². The second-order valence-electron chi connectivity index (χ2n) is 8.65. The van der Waals surface area contributed by atoms with Crippen molar-refractivity contribution in [1.29, 1.82) is 0 Å². The number of carbonyl (C=O) groups excluding carboxylic acids is 2. The van der Waals surface area contributed by atoms with Gasteiger partial charge in [-0.25, -0.2) is 9.96 Å². The predicted molar refractivity (Wildman–Crippen MR) is 135 cm³/mol. The topological polar surface area (TPSA) is 49.9 Å². The Morgan fingerprint density at radius 2 is 1.26 bits per heavy atom. The summed E-state index contributed by atoms with van der Waals surface area (Å²) in [5, 5.41) is 2.25. The smallest absolute Gasteiger partial charge is 0.267 e. The monoisotopic (exact) mass is 480 g/mol. The molecule has 0 bridgehead atoms. The SMILES string of the molecule is O=C1[C@H]2ON(c3ccccc3)[C@H](c3ccccc3)[C@]2(c2ccccc2)C(=O)N1c1ccc(Cl)cc1. The maximum absolute atomic E-state index is 14.5. The lowest BCUT2D eigenvalue weighted by Gasteiger charge is -2.35. The van der Waals surface area contributed by atoms with Crippen molar-refractivity contribution in [1.82, 2.24) is 0 Å². The largest absolute Gasteiger partial charge is 0.273 e. The first kappa shape index (κ1) is 21.6. The minimum absolute atomic E-state index is 0.326. The van der Waals surface area contributed by atoms with Crippen molar-refractivity contribution in [2.75, 3.05) is 9.96 Å². The van der Waals surface area contributed by atoms with Gasteiger partial charge in [-0.3, -0.25) is 14.4 Å². The van der Waals surface area contributed by atoms with E-state index in [0.29, 0.717) is 10.7 Å². The molecule has 2 fully saturated rings. The lowest BCUT2D eigenvalue weighted by Crippen LogP contribution is -2.46. The molecule has 2 saturated heterocycles. The van der Waals surface area contributed by atoms with E-state index in [0.717, 1.165) is 16.8 Å². The molecule has 0 saturated carbocycles. The molecule has 0 unspecified atom stereocenters. The number of fused-ring (bicyclic) bond motifs is 1. The van der Waals surface area contributed by atoms with Gasteiger partial charge in [-0.2, -0.15) is 0 Å². The average molecular weight is 481 g/mol. The van der Waals surface area contributed by atoms with E-state index >= 15 is 0 Å². The van der Waals surface area contributed by atoms with Crippen molar-refractivity contribution in [3.05, 3.63) is 131 Å². The fraction of sp³-hybridized carbons (Fsp3) is 0.103. The Hall–Kier alpha value is -3.93. The number of benzene rings is 4. The van der Waals surface area contributed by atoms with Gasteiger partial charge in [0.25, 0.3) is 5.91 Å². The van der Waals surface area contributed by atoms with Gasteiger partial charge in [-0.15, -0.1) is 0 Å². The van der Waals surface area contributed by atoms with Crippen LogP contribution in [0.5, 0.6) is 0 Å². The molecule has 6 heteroatoms. The molecular formula is C29H21ClN2O3. The van der Waals surface area contributed by atoms with E-state index in [-0.39, 0.29) is 5.91 Å². The predicted octanol–water partition coefficient (Wildman–Crippen LogP) is 5.71. The summed E-state index contributed by atoms with van der Waals surface area (Å²) >= 11 is 6.08. The second kappa shape index (κ2) is 8.38. The number of para-hydroxylation sites is 1. The van der Waals surface area contributed by atoms with Crippen LogP contribution in [0.15, 0.2) is 115 Å². The Balaban J connectivity index is 1.61. The van der Waals surface area contributed by atoms with Crippen LogP contribution in [-0.2, 0) is 19.8 Å². The van der Waals surface area contributed by atoms with Crippen LogP contribution in [0.2, 0.25) is 5.02 Å². The molecule has 4 aromatic carbocycles. The van der Waals surface area contributed by atoms with Gasteiger partial charge in [0, 0.05) is 5.02 Å². The van der Waals surface area contributed by atoms with Crippen molar-refractivity contribution < 1.29 is 14.4 Å². The van der Waals surface area contributed by atoms with E-state index in [1.807, 2.05) is 91.0 Å². The zero-order valence-electron chi connectivity index (χ0n) is 18.6. The normalized spacial score (nSPS) is 23.6. The molecule has 2 aliphatic rings. The zero-order chi connectivity index (χ0) is 24.0. The maximum Gasteiger partial charge on any atom is 0.267 e. The van der Waals surface area contributed by atoms with E-state index in [4.69, 9.17) is 16.4 Å². The Morgan fingerprint density at radius 3 is 1.89 bits per heavy atom. The fourth-order valence-corrected chi connectivity index (χ4v) is 5.38. The summed E-state index contributed by atoms with van der Waals surface area (Å²) in [4.78, 5) is 36.2. The van der Waals surface area contributed by atoms with Crippen LogP contribution in [0.1, 0.15) is 17.2 Å². The molecule has 0 aliphatic carbocycles. The van der Waals surface area contributed by atoms with Gasteiger partial charge in [0.2, 0.25) is 5.91 Å². The first-order valence-corrected chi connectivity index (χ1v) is 11.8. The number of nitrogens with zero attached hydrogens (tertiary/aromatic N) is 2. The third-order valence-corrected chi connectivity index (χ3v) is 7.01. The molecule has 4 aromatic rings. The van der Waals surface area contributed by atoms with E-state index in [1.165, 1.54) is 4.90 Å². The van der Waals surface area contributed by atoms with Crippen LogP contribution in [0, 0.1) is 0 Å². The van der Waals surface area contributed by atoms with Gasteiger partial charge in [-0.1, -0.05) is 90.5 Å². The first-order chi connectivity index (χ1) is 17.1. The molecule has 6 rings (SSSR count). The number of hydrogen-bond acceptors (Lipinski definition) is 4. The Bertz CT molecular complexity index is 1380. The summed E-state index contributed by atoms with van der Waals surface area (Å²) < 4.78 is 0. The third kappa shape index (κ3) is 3.20. The maximum atomic E-state index is 14.5. The van der Waals surface area contributed by atoms with E-state index in [9.17, 15) is 9.59 Å². The molecule has 0 N–H and O–H groups in total. The number of hydrogen-bond donors (Lipinski definition) is 0. The van der Waals surface area contributed by atoms with Gasteiger partial charge in [0.05, 0.1) is 11.4 Å². The van der Waals surface area contributed by atoms with Gasteiger partial charge in [0.1, 0.15) is 11.5 Å². The second-order valence-corrected chi connectivity index (χ2v) is 9.09. The van der Waals surface area contributed by atoms with Crippen molar-refractivity contribution in [2.45, 2.75) is 17.6 Å². The molecule has 0 aromatic heterocycles. The molecule has 0 radical (unpaired) electrons. The lowest BCUT2D eigenvalue weighted by atomic mass is 9.69. The first-order valence-electron chi connectivity index (χ1n) is 11.4. The highest BCUT2D eigenvalue weighted by molar-refractivity contribution is 6.31. The van der Waals surface area contributed by atoms with Crippen LogP contribution >= 0.6 is 11.6 Å².